The van der Waals surface area contributed by atoms with Crippen LogP contribution in [0.3, 0.4) is 0 Å². The van der Waals surface area contributed by atoms with Crippen molar-refractivity contribution in [3.05, 3.63) is 35.4 Å². The zero-order valence-electron chi connectivity index (χ0n) is 27.9. The van der Waals surface area contributed by atoms with E-state index in [-0.39, 0.29) is 24.0 Å². The Hall–Kier alpha value is -2.90. The highest BCUT2D eigenvalue weighted by Gasteiger charge is 2.58. The van der Waals surface area contributed by atoms with Gasteiger partial charge in [-0.25, -0.2) is 9.59 Å². The third-order valence-corrected chi connectivity index (χ3v) is 11.7. The van der Waals surface area contributed by atoms with Crippen molar-refractivity contribution in [3.63, 3.8) is 0 Å². The smallest absolute Gasteiger partial charge is 0.344 e. The average molecular weight is 625 g/mol. The predicted molar refractivity (Wildman–Crippen MR) is 168 cm³/mol. The average Bonchev–Trinajstić information content (AvgIpc) is 3.01. The molecule has 2 unspecified atom stereocenters. The van der Waals surface area contributed by atoms with Gasteiger partial charge in [-0.3, -0.25) is 9.59 Å². The van der Waals surface area contributed by atoms with Gasteiger partial charge in [-0.1, -0.05) is 45.7 Å². The monoisotopic (exact) mass is 624 g/mol. The molecule has 0 amide bonds. The Morgan fingerprint density at radius 1 is 0.756 bits per heavy atom. The second-order valence-corrected chi connectivity index (χ2v) is 15.4. The molecule has 5 aliphatic carbocycles. The van der Waals surface area contributed by atoms with Gasteiger partial charge in [0.15, 0.2) is 6.61 Å². The molecule has 5 saturated carbocycles. The van der Waals surface area contributed by atoms with Crippen molar-refractivity contribution < 1.29 is 38.1 Å². The summed E-state index contributed by atoms with van der Waals surface area (Å²) in [7, 11) is 0. The first kappa shape index (κ1) is 33.5. The summed E-state index contributed by atoms with van der Waals surface area (Å²) in [6.07, 6.45) is 10.8. The van der Waals surface area contributed by atoms with Gasteiger partial charge < -0.3 is 18.9 Å². The van der Waals surface area contributed by atoms with Gasteiger partial charge in [0.25, 0.3) is 0 Å². The van der Waals surface area contributed by atoms with Gasteiger partial charge in [-0.15, -0.1) is 0 Å². The van der Waals surface area contributed by atoms with E-state index in [1.807, 2.05) is 26.0 Å². The van der Waals surface area contributed by atoms with Crippen LogP contribution in [0.2, 0.25) is 0 Å². The molecule has 2 atom stereocenters. The van der Waals surface area contributed by atoms with Crippen molar-refractivity contribution in [2.75, 3.05) is 19.8 Å². The quantitative estimate of drug-likeness (QED) is 0.140. The fourth-order valence-electron chi connectivity index (χ4n) is 8.93. The molecule has 0 aromatic heterocycles. The van der Waals surface area contributed by atoms with Crippen LogP contribution >= 0.6 is 0 Å². The first-order valence-electron chi connectivity index (χ1n) is 17.2. The van der Waals surface area contributed by atoms with Gasteiger partial charge >= 0.3 is 23.9 Å². The molecule has 45 heavy (non-hydrogen) atoms. The van der Waals surface area contributed by atoms with Crippen molar-refractivity contribution >= 4 is 23.9 Å². The highest BCUT2D eigenvalue weighted by molar-refractivity contribution is 5.89. The molecule has 0 spiro atoms. The van der Waals surface area contributed by atoms with Crippen LogP contribution in [0, 0.1) is 35.0 Å². The highest BCUT2D eigenvalue weighted by Crippen LogP contribution is 2.64. The third kappa shape index (κ3) is 7.41. The SMILES string of the molecule is CCC(C)(C)c1ccc(C(=O)OCCOC(=O)C2CCCCC2C(=O)OCC(=O)OC(C)(C)C23CC4CC(CC(C4)C2)C3)cc1. The van der Waals surface area contributed by atoms with E-state index in [2.05, 4.69) is 20.8 Å². The summed E-state index contributed by atoms with van der Waals surface area (Å²) in [4.78, 5) is 51.4. The van der Waals surface area contributed by atoms with Gasteiger partial charge in [0.2, 0.25) is 0 Å². The maximum absolute atomic E-state index is 13.1. The van der Waals surface area contributed by atoms with E-state index in [4.69, 9.17) is 18.9 Å². The summed E-state index contributed by atoms with van der Waals surface area (Å²) in [5.41, 5.74) is 0.988. The molecule has 0 aliphatic heterocycles. The Labute approximate surface area is 268 Å². The van der Waals surface area contributed by atoms with Gasteiger partial charge in [0.05, 0.1) is 17.4 Å². The lowest BCUT2D eigenvalue weighted by molar-refractivity contribution is -0.203. The Morgan fingerprint density at radius 2 is 1.27 bits per heavy atom. The van der Waals surface area contributed by atoms with E-state index in [0.29, 0.717) is 18.4 Å². The summed E-state index contributed by atoms with van der Waals surface area (Å²) in [5.74, 6) is -1.23. The van der Waals surface area contributed by atoms with Crippen LogP contribution in [0.5, 0.6) is 0 Å². The number of rotatable bonds is 12. The largest absolute Gasteiger partial charge is 0.462 e. The molecule has 6 rings (SSSR count). The number of carbonyl (C=O) groups is 4. The molecule has 0 radical (unpaired) electrons. The van der Waals surface area contributed by atoms with Crippen LogP contribution in [0.25, 0.3) is 0 Å². The first-order valence-corrected chi connectivity index (χ1v) is 17.2. The number of hydrogen-bond acceptors (Lipinski definition) is 8. The van der Waals surface area contributed by atoms with E-state index >= 15 is 0 Å². The molecule has 5 fully saturated rings. The number of ether oxygens (including phenoxy) is 4. The minimum Gasteiger partial charge on any atom is -0.462 e. The van der Waals surface area contributed by atoms with Gasteiger partial charge in [0, 0.05) is 5.41 Å². The summed E-state index contributed by atoms with van der Waals surface area (Å²) >= 11 is 0. The van der Waals surface area contributed by atoms with Crippen LogP contribution in [0.1, 0.15) is 121 Å². The summed E-state index contributed by atoms with van der Waals surface area (Å²) in [6, 6.07) is 7.37. The zero-order chi connectivity index (χ0) is 32.4. The summed E-state index contributed by atoms with van der Waals surface area (Å²) < 4.78 is 22.2. The summed E-state index contributed by atoms with van der Waals surface area (Å²) in [5, 5.41) is 0. The van der Waals surface area contributed by atoms with Gasteiger partial charge in [0.1, 0.15) is 18.8 Å². The highest BCUT2D eigenvalue weighted by atomic mass is 16.6. The van der Waals surface area contributed by atoms with Crippen LogP contribution < -0.4 is 0 Å². The molecule has 5 aliphatic rings. The van der Waals surface area contributed by atoms with Crippen molar-refractivity contribution in [2.24, 2.45) is 35.0 Å². The van der Waals surface area contributed by atoms with Crippen LogP contribution in [-0.4, -0.2) is 49.3 Å². The maximum Gasteiger partial charge on any atom is 0.344 e. The van der Waals surface area contributed by atoms with Crippen LogP contribution in [0.15, 0.2) is 24.3 Å². The van der Waals surface area contributed by atoms with E-state index in [1.54, 1.807) is 12.1 Å². The van der Waals surface area contributed by atoms with Gasteiger partial charge in [-0.2, -0.15) is 0 Å². The molecule has 1 aromatic rings. The van der Waals surface area contributed by atoms with E-state index in [0.717, 1.165) is 61.8 Å². The molecular formula is C37H52O8. The van der Waals surface area contributed by atoms with Crippen molar-refractivity contribution in [1.29, 1.82) is 0 Å². The molecule has 0 N–H and O–H groups in total. The lowest BCUT2D eigenvalue weighted by Gasteiger charge is -2.61. The van der Waals surface area contributed by atoms with E-state index in [9.17, 15) is 19.2 Å². The van der Waals surface area contributed by atoms with Crippen LogP contribution in [0.4, 0.5) is 0 Å². The molecule has 4 bridgehead atoms. The third-order valence-electron chi connectivity index (χ3n) is 11.7. The Kier molecular flexibility index (Phi) is 10.0. The van der Waals surface area contributed by atoms with Crippen LogP contribution in [-0.2, 0) is 38.7 Å². The van der Waals surface area contributed by atoms with Crippen molar-refractivity contribution in [2.45, 2.75) is 116 Å². The van der Waals surface area contributed by atoms with Gasteiger partial charge in [-0.05, 0) is 112 Å². The Balaban J connectivity index is 1.06. The molecule has 248 valence electrons. The Bertz CT molecular complexity index is 1210. The molecule has 8 nitrogen and oxygen atoms in total. The standard InChI is InChI=1S/C37H52O8/c1-6-35(2,3)28-13-11-27(12-14-28)32(39)42-15-16-43-33(40)29-9-7-8-10-30(29)34(41)44-23-31(38)45-36(4,5)37-20-24-17-25(21-37)19-26(18-24)22-37/h11-14,24-26,29-30H,6-10,15-23H2,1-5H3. The number of benzene rings is 1. The first-order chi connectivity index (χ1) is 21.3. The predicted octanol–water partition coefficient (Wildman–Crippen LogP) is 6.96. The van der Waals surface area contributed by atoms with E-state index in [1.165, 1.54) is 19.3 Å². The molecular weight excluding hydrogens is 572 g/mol. The Morgan fingerprint density at radius 3 is 1.80 bits per heavy atom. The lowest BCUT2D eigenvalue weighted by Crippen LogP contribution is -2.57. The van der Waals surface area contributed by atoms with Crippen molar-refractivity contribution in [3.8, 4) is 0 Å². The normalized spacial score (nSPS) is 29.1. The maximum atomic E-state index is 13.1. The fraction of sp³-hybridized carbons (Fsp3) is 0.730. The molecule has 1 aromatic carbocycles. The lowest BCUT2D eigenvalue weighted by atomic mass is 9.46. The van der Waals surface area contributed by atoms with Crippen molar-refractivity contribution in [1.82, 2.24) is 0 Å². The minimum atomic E-state index is -0.677. The second-order valence-electron chi connectivity index (χ2n) is 15.4. The number of esters is 4. The minimum absolute atomic E-state index is 0.00440. The molecule has 0 saturated heterocycles. The summed E-state index contributed by atoms with van der Waals surface area (Å²) in [6.45, 7) is 9.84. The number of hydrogen-bond donors (Lipinski definition) is 0. The zero-order valence-corrected chi connectivity index (χ0v) is 27.9. The van der Waals surface area contributed by atoms with E-state index < -0.39 is 47.9 Å². The second kappa shape index (κ2) is 13.4. The fourth-order valence-corrected chi connectivity index (χ4v) is 8.93. The molecule has 0 heterocycles. The molecule has 8 heteroatoms. The topological polar surface area (TPSA) is 105 Å². The number of carbonyl (C=O) groups excluding carboxylic acids is 4.